The van der Waals surface area contributed by atoms with Crippen molar-refractivity contribution in [1.29, 1.82) is 0 Å². The third kappa shape index (κ3) is 4.79. The normalized spacial score (nSPS) is 12.1. The number of rotatable bonds is 3. The Morgan fingerprint density at radius 2 is 1.70 bits per heavy atom. The van der Waals surface area contributed by atoms with Crippen LogP contribution in [0.2, 0.25) is 10.0 Å². The van der Waals surface area contributed by atoms with E-state index < -0.39 is 17.7 Å². The first-order chi connectivity index (χ1) is 13.9. The lowest BCUT2D eigenvalue weighted by atomic mass is 9.93. The summed E-state index contributed by atoms with van der Waals surface area (Å²) in [6.07, 6.45) is -4.57. The Kier molecular flexibility index (Phi) is 5.89. The van der Waals surface area contributed by atoms with E-state index in [4.69, 9.17) is 27.9 Å². The number of esters is 1. The van der Waals surface area contributed by atoms with Crippen LogP contribution in [0.4, 0.5) is 13.2 Å². The first-order valence-electron chi connectivity index (χ1n) is 8.81. The fourth-order valence-electron chi connectivity index (χ4n) is 2.58. The number of carbonyl (C=O) groups is 1. The van der Waals surface area contributed by atoms with Crippen LogP contribution in [-0.4, -0.2) is 15.7 Å². The number of aromatic nitrogens is 2. The summed E-state index contributed by atoms with van der Waals surface area (Å²) in [5.74, 6) is -0.900. The minimum absolute atomic E-state index is 0.0423. The molecule has 0 aliphatic carbocycles. The molecule has 2 aromatic carbocycles. The molecule has 0 N–H and O–H groups in total. The largest absolute Gasteiger partial charge is 0.416 e. The Morgan fingerprint density at radius 1 is 1.00 bits per heavy atom. The van der Waals surface area contributed by atoms with Crippen molar-refractivity contribution in [1.82, 2.24) is 9.78 Å². The van der Waals surface area contributed by atoms with E-state index in [0.717, 1.165) is 18.2 Å². The number of hydrogen-bond acceptors (Lipinski definition) is 3. The number of carbonyl (C=O) groups excluding carboxylic acids is 1. The maximum atomic E-state index is 13.0. The molecule has 1 heterocycles. The molecule has 158 valence electrons. The van der Waals surface area contributed by atoms with Crippen molar-refractivity contribution in [2.75, 3.05) is 0 Å². The molecule has 3 rings (SSSR count). The van der Waals surface area contributed by atoms with E-state index in [1.54, 1.807) is 24.3 Å². The van der Waals surface area contributed by atoms with Crippen molar-refractivity contribution in [2.45, 2.75) is 32.4 Å². The van der Waals surface area contributed by atoms with Gasteiger partial charge in [0.05, 0.1) is 32.6 Å². The molecule has 0 unspecified atom stereocenters. The van der Waals surface area contributed by atoms with Crippen molar-refractivity contribution in [2.24, 2.45) is 0 Å². The van der Waals surface area contributed by atoms with E-state index >= 15 is 0 Å². The van der Waals surface area contributed by atoms with Gasteiger partial charge < -0.3 is 4.74 Å². The van der Waals surface area contributed by atoms with E-state index in [0.29, 0.717) is 16.4 Å². The lowest BCUT2D eigenvalue weighted by Gasteiger charge is -2.14. The number of alkyl halides is 3. The van der Waals surface area contributed by atoms with Crippen LogP contribution in [-0.2, 0) is 11.6 Å². The fraction of sp³-hybridized carbons (Fsp3) is 0.238. The van der Waals surface area contributed by atoms with E-state index in [9.17, 15) is 18.0 Å². The smallest absolute Gasteiger partial charge is 0.404 e. The number of ether oxygens (including phenoxy) is 1. The van der Waals surface area contributed by atoms with Crippen molar-refractivity contribution in [3.05, 3.63) is 75.4 Å². The van der Waals surface area contributed by atoms with Crippen LogP contribution in [0, 0.1) is 0 Å². The molecule has 0 amide bonds. The number of nitrogens with zero attached hydrogens (tertiary/aromatic N) is 2. The third-order valence-electron chi connectivity index (χ3n) is 4.22. The van der Waals surface area contributed by atoms with Crippen molar-refractivity contribution >= 4 is 29.2 Å². The van der Waals surface area contributed by atoms with Gasteiger partial charge in [0.1, 0.15) is 0 Å². The van der Waals surface area contributed by atoms with Crippen molar-refractivity contribution in [3.63, 3.8) is 0 Å². The fourth-order valence-corrected chi connectivity index (χ4v) is 2.87. The molecule has 0 atom stereocenters. The lowest BCUT2D eigenvalue weighted by Crippen LogP contribution is -2.14. The number of halogens is 5. The summed E-state index contributed by atoms with van der Waals surface area (Å²) < 4.78 is 45.7. The lowest BCUT2D eigenvalue weighted by molar-refractivity contribution is -0.137. The van der Waals surface area contributed by atoms with Crippen LogP contribution in [0.15, 0.2) is 48.5 Å². The standard InChI is InChI=1S/C21H17Cl2F3N2O2/c1-20(2,3)17-11-18(28(27-17)14-7-8-15(22)16(23)10-14)30-19(29)12-5-4-6-13(9-12)21(24,25)26/h4-11H,1-3H3. The molecule has 1 aromatic heterocycles. The molecule has 3 aromatic rings. The number of benzene rings is 2. The van der Waals surface area contributed by atoms with E-state index in [1.165, 1.54) is 10.7 Å². The van der Waals surface area contributed by atoms with E-state index in [2.05, 4.69) is 5.10 Å². The van der Waals surface area contributed by atoms with Gasteiger partial charge in [-0.3, -0.25) is 0 Å². The summed E-state index contributed by atoms with van der Waals surface area (Å²) in [6.45, 7) is 5.77. The van der Waals surface area contributed by atoms with E-state index in [1.807, 2.05) is 20.8 Å². The Bertz CT molecular complexity index is 1100. The highest BCUT2D eigenvalue weighted by Gasteiger charge is 2.31. The van der Waals surface area contributed by atoms with Gasteiger partial charge >= 0.3 is 12.1 Å². The van der Waals surface area contributed by atoms with Gasteiger partial charge in [-0.05, 0) is 36.4 Å². The highest BCUT2D eigenvalue weighted by Crippen LogP contribution is 2.32. The average Bonchev–Trinajstić information content (AvgIpc) is 3.07. The molecule has 0 aliphatic heterocycles. The molecule has 30 heavy (non-hydrogen) atoms. The Hall–Kier alpha value is -2.51. The molecule has 0 radical (unpaired) electrons. The Labute approximate surface area is 181 Å². The molecular weight excluding hydrogens is 440 g/mol. The second-order valence-electron chi connectivity index (χ2n) is 7.60. The predicted molar refractivity (Wildman–Crippen MR) is 109 cm³/mol. The zero-order valence-corrected chi connectivity index (χ0v) is 17.7. The topological polar surface area (TPSA) is 44.1 Å². The maximum absolute atomic E-state index is 13.0. The highest BCUT2D eigenvalue weighted by molar-refractivity contribution is 6.42. The van der Waals surface area contributed by atoms with Crippen LogP contribution < -0.4 is 4.74 Å². The first kappa shape index (κ1) is 22.2. The van der Waals surface area contributed by atoms with Gasteiger partial charge in [-0.1, -0.05) is 50.0 Å². The second-order valence-corrected chi connectivity index (χ2v) is 8.41. The summed E-state index contributed by atoms with van der Waals surface area (Å²) >= 11 is 12.0. The number of hydrogen-bond donors (Lipinski definition) is 0. The molecular formula is C21H17Cl2F3N2O2. The summed E-state index contributed by atoms with van der Waals surface area (Å²) in [7, 11) is 0. The predicted octanol–water partition coefficient (Wildman–Crippen LogP) is 6.71. The minimum Gasteiger partial charge on any atom is -0.404 e. The average molecular weight is 457 g/mol. The zero-order chi connectivity index (χ0) is 22.3. The van der Waals surface area contributed by atoms with Crippen LogP contribution in [0.5, 0.6) is 5.88 Å². The van der Waals surface area contributed by atoms with Gasteiger partial charge in [0.25, 0.3) is 0 Å². The Balaban J connectivity index is 2.02. The molecule has 0 bridgehead atoms. The molecule has 9 heteroatoms. The van der Waals surface area contributed by atoms with Crippen LogP contribution in [0.3, 0.4) is 0 Å². The maximum Gasteiger partial charge on any atom is 0.416 e. The Morgan fingerprint density at radius 3 is 2.30 bits per heavy atom. The van der Waals surface area contributed by atoms with Gasteiger partial charge in [0, 0.05) is 11.5 Å². The quantitative estimate of drug-likeness (QED) is 0.411. The van der Waals surface area contributed by atoms with Crippen molar-refractivity contribution in [3.8, 4) is 11.6 Å². The van der Waals surface area contributed by atoms with Gasteiger partial charge in [-0.2, -0.15) is 18.3 Å². The minimum atomic E-state index is -4.57. The molecule has 0 fully saturated rings. The first-order valence-corrected chi connectivity index (χ1v) is 9.57. The van der Waals surface area contributed by atoms with Gasteiger partial charge in [-0.15, -0.1) is 0 Å². The summed E-state index contributed by atoms with van der Waals surface area (Å²) in [4.78, 5) is 12.6. The van der Waals surface area contributed by atoms with Gasteiger partial charge in [0.2, 0.25) is 5.88 Å². The molecule has 0 saturated carbocycles. The summed E-state index contributed by atoms with van der Waals surface area (Å²) in [5.41, 5.74) is -0.458. The molecule has 0 saturated heterocycles. The van der Waals surface area contributed by atoms with Gasteiger partial charge in [-0.25, -0.2) is 9.48 Å². The van der Waals surface area contributed by atoms with E-state index in [-0.39, 0.29) is 21.9 Å². The SMILES string of the molecule is CC(C)(C)c1cc(OC(=O)c2cccc(C(F)(F)F)c2)n(-c2ccc(Cl)c(Cl)c2)n1. The monoisotopic (exact) mass is 456 g/mol. The second kappa shape index (κ2) is 7.96. The van der Waals surface area contributed by atoms with Crippen molar-refractivity contribution < 1.29 is 22.7 Å². The third-order valence-corrected chi connectivity index (χ3v) is 4.95. The highest BCUT2D eigenvalue weighted by atomic mass is 35.5. The molecule has 0 spiro atoms. The molecule has 4 nitrogen and oxygen atoms in total. The summed E-state index contributed by atoms with van der Waals surface area (Å²) in [5, 5.41) is 5.10. The summed E-state index contributed by atoms with van der Waals surface area (Å²) in [6, 6.07) is 10.3. The van der Waals surface area contributed by atoms with Crippen LogP contribution in [0.1, 0.15) is 42.4 Å². The van der Waals surface area contributed by atoms with Crippen LogP contribution in [0.25, 0.3) is 5.69 Å². The van der Waals surface area contributed by atoms with Crippen LogP contribution >= 0.6 is 23.2 Å². The molecule has 0 aliphatic rings. The zero-order valence-electron chi connectivity index (χ0n) is 16.2. The van der Waals surface area contributed by atoms with Gasteiger partial charge in [0.15, 0.2) is 0 Å².